The molecule has 0 radical (unpaired) electrons. The molecule has 0 unspecified atom stereocenters. The van der Waals surface area contributed by atoms with Gasteiger partial charge in [0.25, 0.3) is 5.91 Å². The molecule has 0 fully saturated rings. The third-order valence-electron chi connectivity index (χ3n) is 3.09. The second-order valence-electron chi connectivity index (χ2n) is 5.48. The molecule has 0 aliphatic carbocycles. The van der Waals surface area contributed by atoms with Crippen LogP contribution in [0.4, 0.5) is 0 Å². The molecule has 1 N–H and O–H groups in total. The van der Waals surface area contributed by atoms with Gasteiger partial charge in [0.2, 0.25) is 0 Å². The number of hydrogen-bond acceptors (Lipinski definition) is 3. The van der Waals surface area contributed by atoms with Gasteiger partial charge >= 0.3 is 0 Å². The third kappa shape index (κ3) is 4.33. The quantitative estimate of drug-likeness (QED) is 0.636. The molecule has 5 heteroatoms. The minimum absolute atomic E-state index is 0.0163. The lowest BCUT2D eigenvalue weighted by Gasteiger charge is -2.06. The van der Waals surface area contributed by atoms with Crippen molar-refractivity contribution in [1.82, 2.24) is 5.32 Å². The number of rotatable bonds is 4. The van der Waals surface area contributed by atoms with Crippen molar-refractivity contribution in [3.8, 4) is 17.4 Å². The minimum atomic E-state index is -0.406. The van der Waals surface area contributed by atoms with E-state index in [4.69, 9.17) is 9.68 Å². The van der Waals surface area contributed by atoms with Gasteiger partial charge in [0.05, 0.1) is 0 Å². The number of benzene rings is 1. The van der Waals surface area contributed by atoms with Crippen LogP contribution in [0.25, 0.3) is 17.4 Å². The van der Waals surface area contributed by atoms with E-state index in [2.05, 4.69) is 21.2 Å². The molecule has 4 nitrogen and oxygen atoms in total. The molecule has 23 heavy (non-hydrogen) atoms. The Morgan fingerprint density at radius 1 is 1.35 bits per heavy atom. The van der Waals surface area contributed by atoms with Gasteiger partial charge in [-0.15, -0.1) is 0 Å². The van der Waals surface area contributed by atoms with Gasteiger partial charge < -0.3 is 9.73 Å². The van der Waals surface area contributed by atoms with Crippen LogP contribution >= 0.6 is 15.9 Å². The zero-order chi connectivity index (χ0) is 17.0. The van der Waals surface area contributed by atoms with Crippen LogP contribution in [0.1, 0.15) is 25.2 Å². The summed E-state index contributed by atoms with van der Waals surface area (Å²) in [5.74, 6) is 0.726. The molecule has 0 saturated carbocycles. The fourth-order valence-electron chi connectivity index (χ4n) is 2.03. The average molecular weight is 373 g/mol. The highest BCUT2D eigenvalue weighted by Gasteiger charge is 2.12. The molecule has 0 aliphatic rings. The number of amides is 1. The molecule has 1 aromatic carbocycles. The maximum Gasteiger partial charge on any atom is 0.262 e. The van der Waals surface area contributed by atoms with Crippen molar-refractivity contribution >= 4 is 27.9 Å². The second-order valence-corrected chi connectivity index (χ2v) is 6.34. The monoisotopic (exact) mass is 372 g/mol. The van der Waals surface area contributed by atoms with Crippen molar-refractivity contribution in [2.75, 3.05) is 0 Å². The van der Waals surface area contributed by atoms with Gasteiger partial charge in [-0.1, -0.05) is 22.0 Å². The lowest BCUT2D eigenvalue weighted by molar-refractivity contribution is -0.117. The SMILES string of the molecule is Cc1ccc(-c2ccc(/C=C(/C#N)C(=O)NC(C)C)o2)c(Br)c1. The van der Waals surface area contributed by atoms with Crippen LogP contribution in [0.5, 0.6) is 0 Å². The Balaban J connectivity index is 2.29. The minimum Gasteiger partial charge on any atom is -0.457 e. The summed E-state index contributed by atoms with van der Waals surface area (Å²) in [6.07, 6.45) is 1.45. The van der Waals surface area contributed by atoms with E-state index in [1.807, 2.05) is 51.1 Å². The van der Waals surface area contributed by atoms with Gasteiger partial charge in [0.1, 0.15) is 23.2 Å². The van der Waals surface area contributed by atoms with Crippen molar-refractivity contribution < 1.29 is 9.21 Å². The predicted octanol–water partition coefficient (Wildman–Crippen LogP) is 4.45. The van der Waals surface area contributed by atoms with Crippen LogP contribution in [-0.4, -0.2) is 11.9 Å². The second kappa shape index (κ2) is 7.30. The van der Waals surface area contributed by atoms with Gasteiger partial charge in [-0.05, 0) is 50.6 Å². The molecule has 2 aromatic rings. The molecule has 0 saturated heterocycles. The first-order valence-electron chi connectivity index (χ1n) is 7.19. The molecule has 118 valence electrons. The van der Waals surface area contributed by atoms with Crippen molar-refractivity contribution in [1.29, 1.82) is 5.26 Å². The Hall–Kier alpha value is -2.32. The van der Waals surface area contributed by atoms with Crippen molar-refractivity contribution in [2.24, 2.45) is 0 Å². The molecule has 1 amide bonds. The molecule has 2 rings (SSSR count). The number of aryl methyl sites for hydroxylation is 1. The summed E-state index contributed by atoms with van der Waals surface area (Å²) in [5.41, 5.74) is 2.08. The largest absolute Gasteiger partial charge is 0.457 e. The summed E-state index contributed by atoms with van der Waals surface area (Å²) in [4.78, 5) is 11.9. The number of nitrogens with one attached hydrogen (secondary N) is 1. The van der Waals surface area contributed by atoms with E-state index in [0.717, 1.165) is 15.6 Å². The zero-order valence-electron chi connectivity index (χ0n) is 13.2. The van der Waals surface area contributed by atoms with E-state index < -0.39 is 5.91 Å². The Morgan fingerprint density at radius 2 is 2.09 bits per heavy atom. The van der Waals surface area contributed by atoms with E-state index in [1.54, 1.807) is 6.07 Å². The van der Waals surface area contributed by atoms with Gasteiger partial charge in [-0.3, -0.25) is 4.79 Å². The first-order chi connectivity index (χ1) is 10.9. The maximum atomic E-state index is 11.9. The number of furan rings is 1. The van der Waals surface area contributed by atoms with Gasteiger partial charge in [-0.25, -0.2) is 0 Å². The standard InChI is InChI=1S/C18H17BrN2O2/c1-11(2)21-18(22)13(10-20)9-14-5-7-17(23-14)15-6-4-12(3)8-16(15)19/h4-9,11H,1-3H3,(H,21,22)/b13-9-. The van der Waals surface area contributed by atoms with Gasteiger partial charge in [-0.2, -0.15) is 5.26 Å². The number of hydrogen-bond donors (Lipinski definition) is 1. The lowest BCUT2D eigenvalue weighted by Crippen LogP contribution is -2.30. The number of nitrogens with zero attached hydrogens (tertiary/aromatic N) is 1. The summed E-state index contributed by atoms with van der Waals surface area (Å²) in [6.45, 7) is 5.69. The van der Waals surface area contributed by atoms with Crippen LogP contribution in [-0.2, 0) is 4.79 Å². The normalized spacial score (nSPS) is 11.4. The van der Waals surface area contributed by atoms with E-state index in [9.17, 15) is 4.79 Å². The Labute approximate surface area is 143 Å². The predicted molar refractivity (Wildman–Crippen MR) is 93.4 cm³/mol. The number of nitriles is 1. The first kappa shape index (κ1) is 17.0. The molecular formula is C18H17BrN2O2. The number of carbonyl (C=O) groups excluding carboxylic acids is 1. The summed E-state index contributed by atoms with van der Waals surface area (Å²) in [5, 5.41) is 11.8. The van der Waals surface area contributed by atoms with Crippen LogP contribution in [0, 0.1) is 18.3 Å². The van der Waals surface area contributed by atoms with Crippen molar-refractivity contribution in [2.45, 2.75) is 26.8 Å². The number of halogens is 1. The smallest absolute Gasteiger partial charge is 0.262 e. The molecule has 0 bridgehead atoms. The molecule has 0 atom stereocenters. The Morgan fingerprint density at radius 3 is 2.70 bits per heavy atom. The molecule has 0 aliphatic heterocycles. The van der Waals surface area contributed by atoms with E-state index in [-0.39, 0.29) is 11.6 Å². The summed E-state index contributed by atoms with van der Waals surface area (Å²) in [6, 6.07) is 11.4. The van der Waals surface area contributed by atoms with Gasteiger partial charge in [0, 0.05) is 22.2 Å². The highest BCUT2D eigenvalue weighted by atomic mass is 79.9. The molecule has 1 heterocycles. The van der Waals surface area contributed by atoms with E-state index in [1.165, 1.54) is 6.08 Å². The van der Waals surface area contributed by atoms with Crippen LogP contribution < -0.4 is 5.32 Å². The Kier molecular flexibility index (Phi) is 5.41. The summed E-state index contributed by atoms with van der Waals surface area (Å²) < 4.78 is 6.67. The fraction of sp³-hybridized carbons (Fsp3) is 0.222. The summed E-state index contributed by atoms with van der Waals surface area (Å²) >= 11 is 3.52. The zero-order valence-corrected chi connectivity index (χ0v) is 14.8. The highest BCUT2D eigenvalue weighted by Crippen LogP contribution is 2.30. The van der Waals surface area contributed by atoms with Gasteiger partial charge in [0.15, 0.2) is 0 Å². The third-order valence-corrected chi connectivity index (χ3v) is 3.74. The summed E-state index contributed by atoms with van der Waals surface area (Å²) in [7, 11) is 0. The van der Waals surface area contributed by atoms with E-state index in [0.29, 0.717) is 11.5 Å². The molecule has 0 spiro atoms. The lowest BCUT2D eigenvalue weighted by atomic mass is 10.1. The first-order valence-corrected chi connectivity index (χ1v) is 7.99. The average Bonchev–Trinajstić information content (AvgIpc) is 2.92. The van der Waals surface area contributed by atoms with Crippen LogP contribution in [0.2, 0.25) is 0 Å². The fourth-order valence-corrected chi connectivity index (χ4v) is 2.71. The van der Waals surface area contributed by atoms with E-state index >= 15 is 0 Å². The van der Waals surface area contributed by atoms with Crippen molar-refractivity contribution in [3.05, 3.63) is 51.7 Å². The maximum absolute atomic E-state index is 11.9. The topological polar surface area (TPSA) is 66.0 Å². The molecule has 1 aromatic heterocycles. The van der Waals surface area contributed by atoms with Crippen LogP contribution in [0.15, 0.2) is 44.8 Å². The molecular weight excluding hydrogens is 356 g/mol. The number of carbonyl (C=O) groups is 1. The Bertz CT molecular complexity index is 798. The van der Waals surface area contributed by atoms with Crippen molar-refractivity contribution in [3.63, 3.8) is 0 Å². The highest BCUT2D eigenvalue weighted by molar-refractivity contribution is 9.10. The van der Waals surface area contributed by atoms with Crippen LogP contribution in [0.3, 0.4) is 0 Å².